The largest absolute Gasteiger partial charge is 0.455 e. The number of rotatable bonds is 4. The molecule has 0 saturated carbocycles. The number of aromatic nitrogens is 4. The Balaban J connectivity index is 1.69. The summed E-state index contributed by atoms with van der Waals surface area (Å²) in [5, 5.41) is 7.07. The molecule has 0 spiro atoms. The Labute approximate surface area is 137 Å². The summed E-state index contributed by atoms with van der Waals surface area (Å²) in [5.41, 5.74) is 3.25. The van der Waals surface area contributed by atoms with Gasteiger partial charge in [0, 0.05) is 23.0 Å². The van der Waals surface area contributed by atoms with Crippen molar-refractivity contribution in [2.45, 2.75) is 27.4 Å². The first kappa shape index (κ1) is 15.4. The third-order valence-corrected chi connectivity index (χ3v) is 4.14. The lowest BCUT2D eigenvalue weighted by atomic mass is 10.3. The lowest BCUT2D eigenvalue weighted by Gasteiger charge is -2.05. The Morgan fingerprint density at radius 1 is 1.26 bits per heavy atom. The van der Waals surface area contributed by atoms with Crippen molar-refractivity contribution in [1.29, 1.82) is 0 Å². The van der Waals surface area contributed by atoms with Gasteiger partial charge in [0.05, 0.1) is 11.3 Å². The molecule has 0 aliphatic heterocycles. The maximum atomic E-state index is 12.0. The number of carbonyl (C=O) groups is 1. The van der Waals surface area contributed by atoms with Crippen LogP contribution in [-0.2, 0) is 11.3 Å². The number of esters is 1. The molecule has 0 atom stereocenters. The average Bonchev–Trinajstić information content (AvgIpc) is 3.10. The second-order valence-corrected chi connectivity index (χ2v) is 6.15. The Bertz CT molecular complexity index is 836. The fourth-order valence-corrected chi connectivity index (χ4v) is 2.86. The van der Waals surface area contributed by atoms with Crippen LogP contribution in [-0.4, -0.2) is 25.7 Å². The Kier molecular flexibility index (Phi) is 4.20. The fraction of sp³-hybridized carbons (Fsp3) is 0.250. The molecule has 3 aromatic heterocycles. The lowest BCUT2D eigenvalue weighted by molar-refractivity contribution is 0.0472. The van der Waals surface area contributed by atoms with Crippen LogP contribution >= 0.6 is 11.3 Å². The zero-order valence-corrected chi connectivity index (χ0v) is 13.9. The summed E-state index contributed by atoms with van der Waals surface area (Å²) in [6.45, 7) is 5.97. The molecule has 0 bridgehead atoms. The van der Waals surface area contributed by atoms with Crippen LogP contribution in [0.2, 0.25) is 0 Å². The molecular formula is C16H16N4O2S. The summed E-state index contributed by atoms with van der Waals surface area (Å²) in [6.07, 6.45) is 1.50. The molecule has 3 heterocycles. The number of hydrogen-bond acceptors (Lipinski definition) is 6. The van der Waals surface area contributed by atoms with Crippen molar-refractivity contribution in [1.82, 2.24) is 19.7 Å². The maximum absolute atomic E-state index is 12.0. The standard InChI is InChI=1S/C16H16N4O2S/c1-10-6-12(3)20(19-10)14-5-4-13(7-17-14)16(21)22-8-15-18-11(2)9-23-15/h4-7,9H,8H2,1-3H3. The number of aryl methyl sites for hydroxylation is 3. The van der Waals surface area contributed by atoms with Crippen molar-refractivity contribution in [2.24, 2.45) is 0 Å². The summed E-state index contributed by atoms with van der Waals surface area (Å²) in [6, 6.07) is 5.41. The van der Waals surface area contributed by atoms with Gasteiger partial charge in [0.15, 0.2) is 5.82 Å². The lowest BCUT2D eigenvalue weighted by Crippen LogP contribution is -2.07. The maximum Gasteiger partial charge on any atom is 0.340 e. The first-order valence-electron chi connectivity index (χ1n) is 7.11. The molecule has 23 heavy (non-hydrogen) atoms. The molecule has 3 aromatic rings. The van der Waals surface area contributed by atoms with Crippen LogP contribution in [0.3, 0.4) is 0 Å². The van der Waals surface area contributed by atoms with E-state index in [1.807, 2.05) is 32.2 Å². The minimum atomic E-state index is -0.412. The van der Waals surface area contributed by atoms with Gasteiger partial charge in [0.2, 0.25) is 0 Å². The number of pyridine rings is 1. The van der Waals surface area contributed by atoms with Crippen LogP contribution in [0.1, 0.15) is 32.4 Å². The van der Waals surface area contributed by atoms with Gasteiger partial charge in [-0.3, -0.25) is 0 Å². The molecule has 0 unspecified atom stereocenters. The van der Waals surface area contributed by atoms with Crippen LogP contribution in [0.25, 0.3) is 5.82 Å². The predicted molar refractivity (Wildman–Crippen MR) is 86.8 cm³/mol. The van der Waals surface area contributed by atoms with Gasteiger partial charge in [-0.05, 0) is 39.0 Å². The van der Waals surface area contributed by atoms with Crippen molar-refractivity contribution < 1.29 is 9.53 Å². The van der Waals surface area contributed by atoms with Gasteiger partial charge in [-0.2, -0.15) is 5.10 Å². The van der Waals surface area contributed by atoms with Crippen LogP contribution in [0.15, 0.2) is 29.8 Å². The van der Waals surface area contributed by atoms with Gasteiger partial charge in [-0.25, -0.2) is 19.4 Å². The SMILES string of the molecule is Cc1csc(COC(=O)c2ccc(-n3nc(C)cc3C)nc2)n1. The molecule has 0 N–H and O–H groups in total. The predicted octanol–water partition coefficient (Wildman–Crippen LogP) is 3.01. The van der Waals surface area contributed by atoms with Crippen molar-refractivity contribution >= 4 is 17.3 Å². The molecular weight excluding hydrogens is 312 g/mol. The third kappa shape index (κ3) is 3.45. The highest BCUT2D eigenvalue weighted by Crippen LogP contribution is 2.13. The van der Waals surface area contributed by atoms with E-state index in [1.165, 1.54) is 17.5 Å². The number of nitrogens with zero attached hydrogens (tertiary/aromatic N) is 4. The number of ether oxygens (including phenoxy) is 1. The van der Waals surface area contributed by atoms with Gasteiger partial charge in [-0.15, -0.1) is 11.3 Å². The molecule has 0 saturated heterocycles. The summed E-state index contributed by atoms with van der Waals surface area (Å²) < 4.78 is 6.99. The van der Waals surface area contributed by atoms with Gasteiger partial charge in [0.25, 0.3) is 0 Å². The highest BCUT2D eigenvalue weighted by Gasteiger charge is 2.11. The molecule has 0 aliphatic carbocycles. The molecule has 7 heteroatoms. The van der Waals surface area contributed by atoms with E-state index in [0.29, 0.717) is 11.4 Å². The topological polar surface area (TPSA) is 69.9 Å². The minimum Gasteiger partial charge on any atom is -0.455 e. The van der Waals surface area contributed by atoms with Gasteiger partial charge in [0.1, 0.15) is 11.6 Å². The second-order valence-electron chi connectivity index (χ2n) is 5.20. The highest BCUT2D eigenvalue weighted by molar-refractivity contribution is 7.09. The van der Waals surface area contributed by atoms with E-state index in [4.69, 9.17) is 4.74 Å². The zero-order valence-electron chi connectivity index (χ0n) is 13.1. The van der Waals surface area contributed by atoms with Crippen LogP contribution in [0.5, 0.6) is 0 Å². The fourth-order valence-electron chi connectivity index (χ4n) is 2.17. The smallest absolute Gasteiger partial charge is 0.340 e. The third-order valence-electron chi connectivity index (χ3n) is 3.20. The molecule has 118 valence electrons. The normalized spacial score (nSPS) is 10.7. The first-order valence-corrected chi connectivity index (χ1v) is 7.99. The van der Waals surface area contributed by atoms with E-state index < -0.39 is 5.97 Å². The minimum absolute atomic E-state index is 0.177. The number of hydrogen-bond donors (Lipinski definition) is 0. The zero-order chi connectivity index (χ0) is 16.4. The van der Waals surface area contributed by atoms with Crippen molar-refractivity contribution in [2.75, 3.05) is 0 Å². The van der Waals surface area contributed by atoms with Crippen LogP contribution < -0.4 is 0 Å². The summed E-state index contributed by atoms with van der Waals surface area (Å²) in [5.74, 6) is 0.257. The summed E-state index contributed by atoms with van der Waals surface area (Å²) >= 11 is 1.47. The van der Waals surface area contributed by atoms with E-state index in [0.717, 1.165) is 22.1 Å². The molecule has 0 aliphatic rings. The molecule has 0 fully saturated rings. The van der Waals surface area contributed by atoms with Crippen molar-refractivity contribution in [3.63, 3.8) is 0 Å². The van der Waals surface area contributed by atoms with Crippen LogP contribution in [0, 0.1) is 20.8 Å². The van der Waals surface area contributed by atoms with Crippen molar-refractivity contribution in [3.05, 3.63) is 57.4 Å². The molecule has 0 amide bonds. The van der Waals surface area contributed by atoms with E-state index >= 15 is 0 Å². The Morgan fingerprint density at radius 2 is 2.09 bits per heavy atom. The van der Waals surface area contributed by atoms with Gasteiger partial charge < -0.3 is 4.74 Å². The van der Waals surface area contributed by atoms with E-state index in [1.54, 1.807) is 16.8 Å². The number of thiazole rings is 1. The Morgan fingerprint density at radius 3 is 2.65 bits per heavy atom. The molecule has 6 nitrogen and oxygen atoms in total. The van der Waals surface area contributed by atoms with Crippen molar-refractivity contribution in [3.8, 4) is 5.82 Å². The summed E-state index contributed by atoms with van der Waals surface area (Å²) in [4.78, 5) is 20.6. The average molecular weight is 328 g/mol. The van der Waals surface area contributed by atoms with Crippen LogP contribution in [0.4, 0.5) is 0 Å². The molecule has 0 aromatic carbocycles. The van der Waals surface area contributed by atoms with Gasteiger partial charge >= 0.3 is 5.97 Å². The van der Waals surface area contributed by atoms with E-state index in [-0.39, 0.29) is 6.61 Å². The van der Waals surface area contributed by atoms with Gasteiger partial charge in [-0.1, -0.05) is 0 Å². The highest BCUT2D eigenvalue weighted by atomic mass is 32.1. The second kappa shape index (κ2) is 6.29. The summed E-state index contributed by atoms with van der Waals surface area (Å²) in [7, 11) is 0. The quantitative estimate of drug-likeness (QED) is 0.689. The first-order chi connectivity index (χ1) is 11.0. The Hall–Kier alpha value is -2.54. The van der Waals surface area contributed by atoms with E-state index in [2.05, 4.69) is 15.1 Å². The molecule has 3 rings (SSSR count). The monoisotopic (exact) mass is 328 g/mol. The number of carbonyl (C=O) groups excluding carboxylic acids is 1. The van der Waals surface area contributed by atoms with E-state index in [9.17, 15) is 4.79 Å². The molecule has 0 radical (unpaired) electrons.